The number of hydrogen-bond acceptors (Lipinski definition) is 4. The molecular weight excluding hydrogens is 504 g/mol. The highest BCUT2D eigenvalue weighted by Crippen LogP contribution is 2.30. The molecule has 0 radical (unpaired) electrons. The predicted octanol–water partition coefficient (Wildman–Crippen LogP) is 4.48. The van der Waals surface area contributed by atoms with Gasteiger partial charge in [-0.05, 0) is 47.6 Å². The first-order chi connectivity index (χ1) is 15.6. The van der Waals surface area contributed by atoms with Crippen LogP contribution in [-0.2, 0) is 26.0 Å². The molecule has 0 aliphatic carbocycles. The van der Waals surface area contributed by atoms with Gasteiger partial charge in [-0.15, -0.1) is 0 Å². The van der Waals surface area contributed by atoms with Crippen LogP contribution < -0.4 is 10.1 Å². The lowest BCUT2D eigenvalue weighted by atomic mass is 9.86. The minimum Gasteiger partial charge on any atom is -0.491 e. The third kappa shape index (κ3) is 7.29. The molecule has 0 spiro atoms. The second kappa shape index (κ2) is 11.0. The molecule has 0 saturated carbocycles. The Morgan fingerprint density at radius 2 is 1.82 bits per heavy atom. The molecule has 2 aromatic rings. The van der Waals surface area contributed by atoms with Gasteiger partial charge in [-0.3, -0.25) is 4.79 Å². The Morgan fingerprint density at radius 1 is 1.12 bits per heavy atom. The number of para-hydroxylation sites is 1. The summed E-state index contributed by atoms with van der Waals surface area (Å²) in [7, 11) is -3.41. The van der Waals surface area contributed by atoms with Crippen LogP contribution in [0.1, 0.15) is 44.7 Å². The zero-order valence-corrected chi connectivity index (χ0v) is 21.9. The average Bonchev–Trinajstić information content (AvgIpc) is 2.76. The fourth-order valence-electron chi connectivity index (χ4n) is 4.02. The van der Waals surface area contributed by atoms with Crippen LogP contribution >= 0.6 is 15.9 Å². The number of carbonyl (C=O) groups excluding carboxylic acids is 1. The molecule has 1 aliphatic heterocycles. The van der Waals surface area contributed by atoms with Gasteiger partial charge >= 0.3 is 0 Å². The monoisotopic (exact) mass is 536 g/mol. The van der Waals surface area contributed by atoms with E-state index in [0.717, 1.165) is 21.3 Å². The van der Waals surface area contributed by atoms with Crippen LogP contribution in [0.2, 0.25) is 0 Å². The first-order valence-electron chi connectivity index (χ1n) is 11.3. The lowest BCUT2D eigenvalue weighted by molar-refractivity contribution is -0.126. The van der Waals surface area contributed by atoms with Gasteiger partial charge in [0.25, 0.3) is 0 Å². The van der Waals surface area contributed by atoms with Gasteiger partial charge in [0.05, 0.1) is 12.3 Å². The van der Waals surface area contributed by atoms with Crippen molar-refractivity contribution in [3.05, 3.63) is 64.1 Å². The van der Waals surface area contributed by atoms with E-state index in [1.165, 1.54) is 4.31 Å². The molecule has 8 heteroatoms. The van der Waals surface area contributed by atoms with Crippen molar-refractivity contribution in [2.75, 3.05) is 26.2 Å². The van der Waals surface area contributed by atoms with E-state index in [4.69, 9.17) is 4.74 Å². The number of piperidine rings is 1. The second-order valence-corrected chi connectivity index (χ2v) is 12.3. The number of carbonyl (C=O) groups is 1. The number of rotatable bonds is 8. The number of amides is 1. The lowest BCUT2D eigenvalue weighted by Gasteiger charge is -2.30. The van der Waals surface area contributed by atoms with E-state index in [0.29, 0.717) is 39.1 Å². The summed E-state index contributed by atoms with van der Waals surface area (Å²) in [6, 6.07) is 15.3. The second-order valence-electron chi connectivity index (χ2n) is 9.45. The van der Waals surface area contributed by atoms with E-state index in [1.807, 2.05) is 42.5 Å². The zero-order valence-electron chi connectivity index (χ0n) is 19.5. The summed E-state index contributed by atoms with van der Waals surface area (Å²) in [6.07, 6.45) is 1.05. The molecule has 0 bridgehead atoms. The third-order valence-electron chi connectivity index (χ3n) is 5.81. The molecule has 6 nitrogen and oxygen atoms in total. The number of halogens is 1. The van der Waals surface area contributed by atoms with Crippen molar-refractivity contribution in [2.45, 2.75) is 44.8 Å². The van der Waals surface area contributed by atoms with Crippen molar-refractivity contribution < 1.29 is 17.9 Å². The van der Waals surface area contributed by atoms with Gasteiger partial charge in [0.2, 0.25) is 15.9 Å². The van der Waals surface area contributed by atoms with E-state index in [1.54, 1.807) is 0 Å². The Kier molecular flexibility index (Phi) is 8.59. The van der Waals surface area contributed by atoms with Crippen LogP contribution in [0.5, 0.6) is 5.75 Å². The van der Waals surface area contributed by atoms with E-state index in [9.17, 15) is 13.2 Å². The standard InChI is InChI=1S/C25H33BrN2O4S/c1-25(2,3)22-9-4-5-10-23(22)32-16-13-27-24(29)20-11-14-28(15-12-20)33(30,31)18-19-7-6-8-21(26)17-19/h4-10,17,20H,11-16,18H2,1-3H3,(H,27,29). The van der Waals surface area contributed by atoms with Crippen LogP contribution in [0.15, 0.2) is 53.0 Å². The number of benzene rings is 2. The van der Waals surface area contributed by atoms with Crippen molar-refractivity contribution >= 4 is 31.9 Å². The molecule has 0 atom stereocenters. The smallest absolute Gasteiger partial charge is 0.223 e. The zero-order chi connectivity index (χ0) is 24.1. The fraction of sp³-hybridized carbons (Fsp3) is 0.480. The summed E-state index contributed by atoms with van der Waals surface area (Å²) in [5, 5.41) is 2.94. The lowest BCUT2D eigenvalue weighted by Crippen LogP contribution is -2.43. The van der Waals surface area contributed by atoms with E-state index >= 15 is 0 Å². The number of nitrogens with one attached hydrogen (secondary N) is 1. The van der Waals surface area contributed by atoms with Gasteiger partial charge in [-0.1, -0.05) is 67.0 Å². The van der Waals surface area contributed by atoms with Gasteiger partial charge in [0.15, 0.2) is 0 Å². The van der Waals surface area contributed by atoms with Gasteiger partial charge < -0.3 is 10.1 Å². The molecule has 0 unspecified atom stereocenters. The summed E-state index contributed by atoms with van der Waals surface area (Å²) >= 11 is 3.38. The SMILES string of the molecule is CC(C)(C)c1ccccc1OCCNC(=O)C1CCN(S(=O)(=O)Cc2cccc(Br)c2)CC1. The molecule has 0 aromatic heterocycles. The molecular formula is C25H33BrN2O4S. The minimum atomic E-state index is -3.41. The van der Waals surface area contributed by atoms with Gasteiger partial charge in [-0.2, -0.15) is 0 Å². The molecule has 180 valence electrons. The van der Waals surface area contributed by atoms with Crippen LogP contribution in [0.3, 0.4) is 0 Å². The maximum atomic E-state index is 12.8. The first kappa shape index (κ1) is 25.7. The topological polar surface area (TPSA) is 75.7 Å². The highest BCUT2D eigenvalue weighted by molar-refractivity contribution is 9.10. The Labute approximate surface area is 205 Å². The first-order valence-corrected chi connectivity index (χ1v) is 13.7. The fourth-order valence-corrected chi connectivity index (χ4v) is 6.01. The van der Waals surface area contributed by atoms with Crippen molar-refractivity contribution in [1.29, 1.82) is 0 Å². The van der Waals surface area contributed by atoms with Gasteiger partial charge in [0, 0.05) is 23.5 Å². The minimum absolute atomic E-state index is 0.0227. The molecule has 1 heterocycles. The number of nitrogens with zero attached hydrogens (tertiary/aromatic N) is 1. The van der Waals surface area contributed by atoms with Crippen LogP contribution in [0, 0.1) is 5.92 Å². The highest BCUT2D eigenvalue weighted by atomic mass is 79.9. The molecule has 1 N–H and O–H groups in total. The summed E-state index contributed by atoms with van der Waals surface area (Å²) in [5.41, 5.74) is 1.86. The van der Waals surface area contributed by atoms with Crippen LogP contribution in [0.25, 0.3) is 0 Å². The van der Waals surface area contributed by atoms with Gasteiger partial charge in [-0.25, -0.2) is 12.7 Å². The Bertz CT molecular complexity index is 1060. The van der Waals surface area contributed by atoms with Crippen molar-refractivity contribution in [3.8, 4) is 5.75 Å². The molecule has 1 amide bonds. The van der Waals surface area contributed by atoms with Crippen molar-refractivity contribution in [3.63, 3.8) is 0 Å². The number of hydrogen-bond donors (Lipinski definition) is 1. The molecule has 1 fully saturated rings. The van der Waals surface area contributed by atoms with Crippen LogP contribution in [0.4, 0.5) is 0 Å². The van der Waals surface area contributed by atoms with Crippen LogP contribution in [-0.4, -0.2) is 44.9 Å². The molecule has 2 aromatic carbocycles. The van der Waals surface area contributed by atoms with Gasteiger partial charge in [0.1, 0.15) is 12.4 Å². The van der Waals surface area contributed by atoms with Crippen molar-refractivity contribution in [2.24, 2.45) is 5.92 Å². The highest BCUT2D eigenvalue weighted by Gasteiger charge is 2.31. The maximum Gasteiger partial charge on any atom is 0.223 e. The molecule has 1 saturated heterocycles. The number of ether oxygens (including phenoxy) is 1. The summed E-state index contributed by atoms with van der Waals surface area (Å²) < 4.78 is 33.8. The quantitative estimate of drug-likeness (QED) is 0.504. The Morgan fingerprint density at radius 3 is 2.48 bits per heavy atom. The average molecular weight is 538 g/mol. The molecule has 3 rings (SSSR count). The van der Waals surface area contributed by atoms with E-state index in [2.05, 4.69) is 48.1 Å². The third-order valence-corrected chi connectivity index (χ3v) is 8.15. The largest absolute Gasteiger partial charge is 0.491 e. The number of sulfonamides is 1. The predicted molar refractivity (Wildman–Crippen MR) is 135 cm³/mol. The molecule has 1 aliphatic rings. The van der Waals surface area contributed by atoms with Crippen molar-refractivity contribution in [1.82, 2.24) is 9.62 Å². The molecule has 33 heavy (non-hydrogen) atoms. The van der Waals surface area contributed by atoms with E-state index < -0.39 is 10.0 Å². The maximum absolute atomic E-state index is 12.8. The van der Waals surface area contributed by atoms with E-state index in [-0.39, 0.29) is 23.0 Å². The summed E-state index contributed by atoms with van der Waals surface area (Å²) in [4.78, 5) is 12.6. The Balaban J connectivity index is 1.43. The normalized spacial score (nSPS) is 15.9. The Hall–Kier alpha value is -1.90. The summed E-state index contributed by atoms with van der Waals surface area (Å²) in [5.74, 6) is 0.593. The summed E-state index contributed by atoms with van der Waals surface area (Å²) in [6.45, 7) is 7.96.